The summed E-state index contributed by atoms with van der Waals surface area (Å²) in [6, 6.07) is 14.7. The monoisotopic (exact) mass is 417 g/mol. The van der Waals surface area contributed by atoms with Gasteiger partial charge in [0.2, 0.25) is 0 Å². The Morgan fingerprint density at radius 2 is 1.90 bits per heavy atom. The third-order valence-electron chi connectivity index (χ3n) is 5.24. The predicted octanol–water partition coefficient (Wildman–Crippen LogP) is 5.51. The maximum atomic E-state index is 11.9. The van der Waals surface area contributed by atoms with E-state index in [1.165, 1.54) is 13.2 Å². The number of ether oxygens (including phenoxy) is 1. The Bertz CT molecular complexity index is 1270. The van der Waals surface area contributed by atoms with Gasteiger partial charge in [-0.15, -0.1) is 0 Å². The Labute approximate surface area is 179 Å². The molecule has 0 fully saturated rings. The van der Waals surface area contributed by atoms with Gasteiger partial charge in [0.25, 0.3) is 0 Å². The van der Waals surface area contributed by atoms with Gasteiger partial charge in [-0.05, 0) is 56.7 Å². The van der Waals surface area contributed by atoms with Gasteiger partial charge in [0.1, 0.15) is 17.3 Å². The molecule has 2 aromatic carbocycles. The van der Waals surface area contributed by atoms with Crippen LogP contribution in [0.15, 0.2) is 59.2 Å². The lowest BCUT2D eigenvalue weighted by Crippen LogP contribution is -2.08. The van der Waals surface area contributed by atoms with Crippen LogP contribution < -0.4 is 10.1 Å². The van der Waals surface area contributed by atoms with Gasteiger partial charge in [0.05, 0.1) is 41.6 Å². The summed E-state index contributed by atoms with van der Waals surface area (Å²) in [5, 5.41) is 17.9. The number of carbonyl (C=O) groups is 1. The molecule has 0 atom stereocenters. The SMILES string of the molecule is COc1ccc(Nc2c(-c3ccoc3C)c(C)nn2-c2ccccc2C)c(C(=O)O)c1. The summed E-state index contributed by atoms with van der Waals surface area (Å²) in [4.78, 5) is 11.9. The van der Waals surface area contributed by atoms with Gasteiger partial charge in [0.15, 0.2) is 0 Å². The Kier molecular flexibility index (Phi) is 5.25. The van der Waals surface area contributed by atoms with Crippen molar-refractivity contribution in [3.63, 3.8) is 0 Å². The molecule has 0 aliphatic rings. The van der Waals surface area contributed by atoms with E-state index in [9.17, 15) is 9.90 Å². The zero-order valence-corrected chi connectivity index (χ0v) is 17.8. The molecule has 2 aromatic heterocycles. The highest BCUT2D eigenvalue weighted by Crippen LogP contribution is 2.38. The lowest BCUT2D eigenvalue weighted by Gasteiger charge is -2.16. The Balaban J connectivity index is 1.96. The number of hydrogen-bond donors (Lipinski definition) is 2. The molecule has 0 spiro atoms. The van der Waals surface area contributed by atoms with Gasteiger partial charge in [-0.3, -0.25) is 0 Å². The van der Waals surface area contributed by atoms with E-state index >= 15 is 0 Å². The first kappa shape index (κ1) is 20.3. The lowest BCUT2D eigenvalue weighted by molar-refractivity contribution is 0.0697. The number of anilines is 2. The summed E-state index contributed by atoms with van der Waals surface area (Å²) in [6.07, 6.45) is 1.63. The molecule has 158 valence electrons. The van der Waals surface area contributed by atoms with Crippen molar-refractivity contribution in [3.05, 3.63) is 77.4 Å². The molecule has 2 heterocycles. The molecule has 0 aliphatic heterocycles. The van der Waals surface area contributed by atoms with Crippen molar-refractivity contribution < 1.29 is 19.1 Å². The molecule has 31 heavy (non-hydrogen) atoms. The average molecular weight is 417 g/mol. The first-order valence-electron chi connectivity index (χ1n) is 9.79. The van der Waals surface area contributed by atoms with Crippen LogP contribution in [-0.4, -0.2) is 28.0 Å². The molecule has 0 radical (unpaired) electrons. The molecule has 0 saturated heterocycles. The molecular formula is C24H23N3O4. The number of rotatable bonds is 6. The van der Waals surface area contributed by atoms with Gasteiger partial charge in [-0.1, -0.05) is 18.2 Å². The van der Waals surface area contributed by atoms with Crippen molar-refractivity contribution in [2.45, 2.75) is 20.8 Å². The molecule has 0 aliphatic carbocycles. The van der Waals surface area contributed by atoms with Crippen LogP contribution in [0.25, 0.3) is 16.8 Å². The van der Waals surface area contributed by atoms with Crippen molar-refractivity contribution in [1.29, 1.82) is 0 Å². The summed E-state index contributed by atoms with van der Waals surface area (Å²) < 4.78 is 12.5. The number of nitrogens with one attached hydrogen (secondary N) is 1. The van der Waals surface area contributed by atoms with Crippen LogP contribution >= 0.6 is 0 Å². The first-order chi connectivity index (χ1) is 14.9. The number of aryl methyl sites for hydroxylation is 3. The van der Waals surface area contributed by atoms with Gasteiger partial charge in [-0.2, -0.15) is 5.10 Å². The molecule has 4 rings (SSSR count). The van der Waals surface area contributed by atoms with Crippen molar-refractivity contribution >= 4 is 17.5 Å². The van der Waals surface area contributed by atoms with E-state index in [4.69, 9.17) is 14.3 Å². The number of aromatic nitrogens is 2. The molecular weight excluding hydrogens is 394 g/mol. The summed E-state index contributed by atoms with van der Waals surface area (Å²) >= 11 is 0. The Morgan fingerprint density at radius 3 is 2.55 bits per heavy atom. The summed E-state index contributed by atoms with van der Waals surface area (Å²) in [7, 11) is 1.50. The topological polar surface area (TPSA) is 89.5 Å². The number of para-hydroxylation sites is 1. The fraction of sp³-hybridized carbons (Fsp3) is 0.167. The third-order valence-corrected chi connectivity index (χ3v) is 5.24. The molecule has 0 unspecified atom stereocenters. The van der Waals surface area contributed by atoms with Crippen LogP contribution in [0.3, 0.4) is 0 Å². The molecule has 0 bridgehead atoms. The maximum absolute atomic E-state index is 11.9. The minimum absolute atomic E-state index is 0.101. The van der Waals surface area contributed by atoms with E-state index in [1.807, 2.05) is 55.8 Å². The number of hydrogen-bond acceptors (Lipinski definition) is 5. The van der Waals surface area contributed by atoms with Crippen molar-refractivity contribution in [2.75, 3.05) is 12.4 Å². The number of nitrogens with zero attached hydrogens (tertiary/aromatic N) is 2. The Hall–Kier alpha value is -4.00. The van der Waals surface area contributed by atoms with E-state index in [0.717, 1.165) is 33.8 Å². The van der Waals surface area contributed by atoms with Gasteiger partial charge in [-0.25, -0.2) is 9.48 Å². The van der Waals surface area contributed by atoms with Gasteiger partial charge in [0, 0.05) is 5.56 Å². The van der Waals surface area contributed by atoms with Gasteiger partial charge < -0.3 is 19.6 Å². The fourth-order valence-electron chi connectivity index (χ4n) is 3.65. The van der Waals surface area contributed by atoms with E-state index in [0.29, 0.717) is 17.3 Å². The van der Waals surface area contributed by atoms with E-state index in [1.54, 1.807) is 18.4 Å². The normalized spacial score (nSPS) is 10.8. The second-order valence-electron chi connectivity index (χ2n) is 7.24. The average Bonchev–Trinajstić information content (AvgIpc) is 3.30. The minimum atomic E-state index is -1.05. The minimum Gasteiger partial charge on any atom is -0.497 e. The number of carboxylic acids is 1. The van der Waals surface area contributed by atoms with E-state index in [2.05, 4.69) is 5.32 Å². The lowest BCUT2D eigenvalue weighted by atomic mass is 10.1. The van der Waals surface area contributed by atoms with Gasteiger partial charge >= 0.3 is 5.97 Å². The summed E-state index contributed by atoms with van der Waals surface area (Å²) in [5.74, 6) is 0.825. The van der Waals surface area contributed by atoms with Crippen molar-refractivity contribution in [1.82, 2.24) is 9.78 Å². The molecule has 7 nitrogen and oxygen atoms in total. The largest absolute Gasteiger partial charge is 0.497 e. The highest BCUT2D eigenvalue weighted by Gasteiger charge is 2.23. The van der Waals surface area contributed by atoms with Crippen molar-refractivity contribution in [3.8, 4) is 22.6 Å². The summed E-state index contributed by atoms with van der Waals surface area (Å²) in [5.41, 5.74) is 5.00. The van der Waals surface area contributed by atoms with Crippen molar-refractivity contribution in [2.24, 2.45) is 0 Å². The number of furan rings is 1. The quantitative estimate of drug-likeness (QED) is 0.430. The van der Waals surface area contributed by atoms with E-state index < -0.39 is 5.97 Å². The standard InChI is InChI=1S/C24H23N3O4/c1-14-7-5-6-8-21(14)27-23(22(15(2)26-27)18-11-12-31-16(18)3)25-20-10-9-17(30-4)13-19(20)24(28)29/h5-13,25H,1-4H3,(H,28,29). The van der Waals surface area contributed by atoms with Crippen LogP contribution in [-0.2, 0) is 0 Å². The molecule has 4 aromatic rings. The zero-order chi connectivity index (χ0) is 22.1. The highest BCUT2D eigenvalue weighted by atomic mass is 16.5. The number of aromatic carboxylic acids is 1. The number of methoxy groups -OCH3 is 1. The molecule has 0 saturated carbocycles. The van der Waals surface area contributed by atoms with Crippen LogP contribution in [0, 0.1) is 20.8 Å². The Morgan fingerprint density at radius 1 is 1.13 bits per heavy atom. The smallest absolute Gasteiger partial charge is 0.337 e. The molecule has 0 amide bonds. The van der Waals surface area contributed by atoms with Crippen LogP contribution in [0.1, 0.15) is 27.4 Å². The molecule has 7 heteroatoms. The predicted molar refractivity (Wildman–Crippen MR) is 119 cm³/mol. The second kappa shape index (κ2) is 8.02. The maximum Gasteiger partial charge on any atom is 0.337 e. The molecule has 2 N–H and O–H groups in total. The fourth-order valence-corrected chi connectivity index (χ4v) is 3.65. The van der Waals surface area contributed by atoms with E-state index in [-0.39, 0.29) is 5.56 Å². The highest BCUT2D eigenvalue weighted by molar-refractivity contribution is 5.96. The first-order valence-corrected chi connectivity index (χ1v) is 9.79. The number of benzene rings is 2. The third kappa shape index (κ3) is 3.66. The second-order valence-corrected chi connectivity index (χ2v) is 7.24. The van der Waals surface area contributed by atoms with Crippen LogP contribution in [0.5, 0.6) is 5.75 Å². The van der Waals surface area contributed by atoms with Crippen LogP contribution in [0.2, 0.25) is 0 Å². The number of carboxylic acid groups (broad SMARTS) is 1. The zero-order valence-electron chi connectivity index (χ0n) is 17.8. The summed E-state index contributed by atoms with van der Waals surface area (Å²) in [6.45, 7) is 5.82. The van der Waals surface area contributed by atoms with Crippen LogP contribution in [0.4, 0.5) is 11.5 Å².